The van der Waals surface area contributed by atoms with Crippen molar-refractivity contribution in [2.45, 2.75) is 12.5 Å². The van der Waals surface area contributed by atoms with E-state index in [0.717, 1.165) is 12.1 Å². The lowest BCUT2D eigenvalue weighted by molar-refractivity contribution is -0.122. The highest BCUT2D eigenvalue weighted by Gasteiger charge is 2.47. The van der Waals surface area contributed by atoms with Crippen LogP contribution in [0.25, 0.3) is 0 Å². The molecule has 4 atom stereocenters. The van der Waals surface area contributed by atoms with Gasteiger partial charge >= 0.3 is 0 Å². The molecule has 1 fully saturated rings. The Morgan fingerprint density at radius 1 is 1.36 bits per heavy atom. The second-order valence-electron chi connectivity index (χ2n) is 6.46. The molecular weight excluding hydrogens is 342 g/mol. The summed E-state index contributed by atoms with van der Waals surface area (Å²) in [6.07, 6.45) is 10.2. The Bertz CT molecular complexity index is 849. The molecule has 130 valence electrons. The molecule has 1 saturated carbocycles. The second-order valence-corrected chi connectivity index (χ2v) is 6.87. The first-order valence-electron chi connectivity index (χ1n) is 8.03. The highest BCUT2D eigenvalue weighted by Crippen LogP contribution is 2.45. The van der Waals surface area contributed by atoms with Gasteiger partial charge in [0.15, 0.2) is 5.82 Å². The van der Waals surface area contributed by atoms with Crippen LogP contribution in [-0.4, -0.2) is 31.7 Å². The summed E-state index contributed by atoms with van der Waals surface area (Å²) >= 11 is 6.25. The highest BCUT2D eigenvalue weighted by molar-refractivity contribution is 6.32. The molecule has 2 bridgehead atoms. The third kappa shape index (κ3) is 2.93. The Balaban J connectivity index is 1.57. The number of amides is 1. The van der Waals surface area contributed by atoms with Gasteiger partial charge in [0.1, 0.15) is 5.02 Å². The summed E-state index contributed by atoms with van der Waals surface area (Å²) in [6, 6.07) is -0.105. The zero-order valence-corrected chi connectivity index (χ0v) is 14.3. The Kier molecular flexibility index (Phi) is 3.84. The maximum atomic E-state index is 11.8. The van der Waals surface area contributed by atoms with Crippen molar-refractivity contribution in [2.24, 2.45) is 30.5 Å². The van der Waals surface area contributed by atoms with E-state index in [9.17, 15) is 4.79 Å². The first-order chi connectivity index (χ1) is 12.0. The lowest BCUT2D eigenvalue weighted by atomic mass is 9.88. The van der Waals surface area contributed by atoms with Crippen LogP contribution in [0.3, 0.4) is 0 Å². The van der Waals surface area contributed by atoms with Crippen LogP contribution in [0.15, 0.2) is 30.7 Å². The summed E-state index contributed by atoms with van der Waals surface area (Å²) < 4.78 is 1.68. The van der Waals surface area contributed by atoms with Crippen molar-refractivity contribution >= 4 is 35.0 Å². The average Bonchev–Trinajstić information content (AvgIpc) is 3.26. The van der Waals surface area contributed by atoms with Gasteiger partial charge < -0.3 is 16.4 Å². The maximum absolute atomic E-state index is 11.8. The number of nitrogens with zero attached hydrogens (tertiary/aromatic N) is 4. The van der Waals surface area contributed by atoms with E-state index in [1.807, 2.05) is 13.2 Å². The molecule has 1 amide bonds. The molecule has 2 aliphatic carbocycles. The smallest absolute Gasteiger partial charge is 0.229 e. The third-order valence-corrected chi connectivity index (χ3v) is 5.07. The molecule has 8 nitrogen and oxygen atoms in total. The zero-order chi connectivity index (χ0) is 17.6. The van der Waals surface area contributed by atoms with Gasteiger partial charge in [0.05, 0.1) is 24.0 Å². The number of anilines is 3. The van der Waals surface area contributed by atoms with Crippen LogP contribution in [0.2, 0.25) is 5.02 Å². The Labute approximate surface area is 149 Å². The fourth-order valence-corrected chi connectivity index (χ4v) is 3.85. The van der Waals surface area contributed by atoms with Crippen LogP contribution in [0, 0.1) is 17.8 Å². The van der Waals surface area contributed by atoms with Gasteiger partial charge in [0, 0.05) is 19.3 Å². The van der Waals surface area contributed by atoms with Crippen LogP contribution < -0.4 is 16.4 Å². The fraction of sp³-hybridized carbons (Fsp3) is 0.375. The Morgan fingerprint density at radius 2 is 2.16 bits per heavy atom. The molecule has 25 heavy (non-hydrogen) atoms. The standard InChI is InChI=1S/C16H18ClN7O/c1-24-7-10(5-20-24)21-16-19-6-11(17)15(23-16)22-13-9-3-2-8(4-9)12(13)14(18)25/h2-3,5-9,12-13H,4H2,1H3,(H2,18,25)(H2,19,21,22,23)/t8-,9-,12-,13+/m1/s1. The number of rotatable bonds is 5. The van der Waals surface area contributed by atoms with Crippen LogP contribution in [0.1, 0.15) is 6.42 Å². The number of nitrogens with one attached hydrogen (secondary N) is 2. The monoisotopic (exact) mass is 359 g/mol. The summed E-state index contributed by atoms with van der Waals surface area (Å²) in [5.74, 6) is 0.773. The molecule has 0 spiro atoms. The van der Waals surface area contributed by atoms with Crippen molar-refractivity contribution in [1.29, 1.82) is 0 Å². The summed E-state index contributed by atoms with van der Waals surface area (Å²) in [4.78, 5) is 20.5. The zero-order valence-electron chi connectivity index (χ0n) is 13.6. The van der Waals surface area contributed by atoms with Gasteiger partial charge in [-0.3, -0.25) is 9.48 Å². The number of hydrogen-bond acceptors (Lipinski definition) is 6. The van der Waals surface area contributed by atoms with Crippen molar-refractivity contribution in [3.8, 4) is 0 Å². The van der Waals surface area contributed by atoms with Crippen LogP contribution >= 0.6 is 11.6 Å². The number of allylic oxidation sites excluding steroid dienone is 1. The molecule has 0 aliphatic heterocycles. The topological polar surface area (TPSA) is 111 Å². The Morgan fingerprint density at radius 3 is 2.88 bits per heavy atom. The number of nitrogens with two attached hydrogens (primary N) is 1. The van der Waals surface area contributed by atoms with Crippen molar-refractivity contribution in [3.05, 3.63) is 35.8 Å². The minimum Gasteiger partial charge on any atom is -0.369 e. The third-order valence-electron chi connectivity index (χ3n) is 4.80. The molecule has 0 saturated heterocycles. The van der Waals surface area contributed by atoms with Crippen molar-refractivity contribution < 1.29 is 4.79 Å². The summed E-state index contributed by atoms with van der Waals surface area (Å²) in [6.45, 7) is 0. The predicted octanol–water partition coefficient (Wildman–Crippen LogP) is 1.69. The van der Waals surface area contributed by atoms with Gasteiger partial charge in [-0.15, -0.1) is 0 Å². The first kappa shape index (κ1) is 15.9. The molecule has 2 aliphatic rings. The molecular formula is C16H18ClN7O. The number of aromatic nitrogens is 4. The molecule has 0 unspecified atom stereocenters. The van der Waals surface area contributed by atoms with Gasteiger partial charge in [-0.25, -0.2) is 4.98 Å². The van der Waals surface area contributed by atoms with Crippen LogP contribution in [-0.2, 0) is 11.8 Å². The summed E-state index contributed by atoms with van der Waals surface area (Å²) in [5.41, 5.74) is 6.37. The van der Waals surface area contributed by atoms with E-state index in [4.69, 9.17) is 17.3 Å². The number of aryl methyl sites for hydroxylation is 1. The SMILES string of the molecule is Cn1cc(Nc2ncc(Cl)c(N[C@@H]3[C@H](C(N)=O)[C@@H]4C=C[C@@H]3C4)n2)cn1. The fourth-order valence-electron chi connectivity index (χ4n) is 3.71. The molecule has 2 heterocycles. The van der Waals surface area contributed by atoms with Gasteiger partial charge in [-0.05, 0) is 18.3 Å². The summed E-state index contributed by atoms with van der Waals surface area (Å²) in [5, 5.41) is 10.9. The maximum Gasteiger partial charge on any atom is 0.229 e. The quantitative estimate of drug-likeness (QED) is 0.701. The lowest BCUT2D eigenvalue weighted by Crippen LogP contribution is -2.41. The molecule has 4 rings (SSSR count). The van der Waals surface area contributed by atoms with Gasteiger partial charge in [0.2, 0.25) is 11.9 Å². The van der Waals surface area contributed by atoms with Crippen molar-refractivity contribution in [3.63, 3.8) is 0 Å². The van der Waals surface area contributed by atoms with Crippen molar-refractivity contribution in [2.75, 3.05) is 10.6 Å². The lowest BCUT2D eigenvalue weighted by Gasteiger charge is -2.27. The van der Waals surface area contributed by atoms with E-state index in [2.05, 4.69) is 37.9 Å². The average molecular weight is 360 g/mol. The van der Waals surface area contributed by atoms with E-state index in [-0.39, 0.29) is 29.7 Å². The van der Waals surface area contributed by atoms with Gasteiger partial charge in [-0.1, -0.05) is 23.8 Å². The van der Waals surface area contributed by atoms with E-state index < -0.39 is 0 Å². The van der Waals surface area contributed by atoms with E-state index in [1.54, 1.807) is 10.9 Å². The molecule has 2 aromatic rings. The molecule has 2 aromatic heterocycles. The molecule has 0 aromatic carbocycles. The minimum atomic E-state index is -0.298. The second kappa shape index (κ2) is 6.03. The minimum absolute atomic E-state index is 0.105. The number of fused-ring (bicyclic) bond motifs is 2. The largest absolute Gasteiger partial charge is 0.369 e. The highest BCUT2D eigenvalue weighted by atomic mass is 35.5. The number of carbonyl (C=O) groups is 1. The number of hydrogen-bond donors (Lipinski definition) is 3. The number of primary amides is 1. The molecule has 0 radical (unpaired) electrons. The van der Waals surface area contributed by atoms with E-state index in [1.165, 1.54) is 6.20 Å². The van der Waals surface area contributed by atoms with Gasteiger partial charge in [-0.2, -0.15) is 10.1 Å². The van der Waals surface area contributed by atoms with Crippen molar-refractivity contribution in [1.82, 2.24) is 19.7 Å². The van der Waals surface area contributed by atoms with Gasteiger partial charge in [0.25, 0.3) is 0 Å². The first-order valence-corrected chi connectivity index (χ1v) is 8.41. The number of carbonyl (C=O) groups excluding carboxylic acids is 1. The molecule has 9 heteroatoms. The summed E-state index contributed by atoms with van der Waals surface area (Å²) in [7, 11) is 1.83. The van der Waals surface area contributed by atoms with Crippen LogP contribution in [0.4, 0.5) is 17.5 Å². The van der Waals surface area contributed by atoms with E-state index >= 15 is 0 Å². The molecule has 4 N–H and O–H groups in total. The van der Waals surface area contributed by atoms with E-state index in [0.29, 0.717) is 16.8 Å². The number of halogens is 1. The Hall–Kier alpha value is -2.61. The predicted molar refractivity (Wildman–Crippen MR) is 94.4 cm³/mol. The van der Waals surface area contributed by atoms with Crippen LogP contribution in [0.5, 0.6) is 0 Å². The normalized spacial score (nSPS) is 26.8.